The second-order valence-corrected chi connectivity index (χ2v) is 9.23. The van der Waals surface area contributed by atoms with Crippen molar-refractivity contribution in [2.45, 2.75) is 73.5 Å². The van der Waals surface area contributed by atoms with Gasteiger partial charge in [0, 0.05) is 5.41 Å². The van der Waals surface area contributed by atoms with Gasteiger partial charge < -0.3 is 0 Å². The van der Waals surface area contributed by atoms with E-state index in [0.717, 1.165) is 0 Å². The third-order valence-corrected chi connectivity index (χ3v) is 4.42. The number of hydrogen-bond acceptors (Lipinski definition) is 4. The van der Waals surface area contributed by atoms with Crippen molar-refractivity contribution in [1.82, 2.24) is 0 Å². The van der Waals surface area contributed by atoms with Gasteiger partial charge in [-0.15, -0.1) is 0 Å². The van der Waals surface area contributed by atoms with Crippen molar-refractivity contribution in [3.05, 3.63) is 0 Å². The van der Waals surface area contributed by atoms with Crippen LogP contribution in [0.2, 0.25) is 0 Å². The van der Waals surface area contributed by atoms with Crippen LogP contribution in [0.3, 0.4) is 0 Å². The Morgan fingerprint density at radius 3 is 1.22 bits per heavy atom. The van der Waals surface area contributed by atoms with Gasteiger partial charge in [0.25, 0.3) is 0 Å². The molecule has 0 atom stereocenters. The summed E-state index contributed by atoms with van der Waals surface area (Å²) in [6, 6.07) is 0. The smallest absolute Gasteiger partial charge is 0.297 e. The van der Waals surface area contributed by atoms with Gasteiger partial charge in [-0.25, -0.2) is 0 Å². The Hall–Kier alpha value is -0.180. The normalized spacial score (nSPS) is 14.7. The van der Waals surface area contributed by atoms with Crippen LogP contribution in [0.5, 0.6) is 0 Å². The largest absolute Gasteiger partial charge is 0.398 e. The minimum Gasteiger partial charge on any atom is -0.297 e. The summed E-state index contributed by atoms with van der Waals surface area (Å²) in [6.45, 7) is 15.6. The van der Waals surface area contributed by atoms with E-state index in [1.165, 1.54) is 0 Å². The maximum Gasteiger partial charge on any atom is 0.398 e. The van der Waals surface area contributed by atoms with Crippen LogP contribution in [0.15, 0.2) is 0 Å². The molecule has 0 saturated heterocycles. The van der Waals surface area contributed by atoms with Crippen molar-refractivity contribution in [3.63, 3.8) is 0 Å². The van der Waals surface area contributed by atoms with Crippen LogP contribution >= 0.6 is 7.60 Å². The third kappa shape index (κ3) is 6.12. The van der Waals surface area contributed by atoms with Crippen molar-refractivity contribution >= 4 is 13.1 Å². The summed E-state index contributed by atoms with van der Waals surface area (Å²) in [4.78, 5) is 12.3. The van der Waals surface area contributed by atoms with Gasteiger partial charge in [0.1, 0.15) is 0 Å². The molecule has 4 nitrogen and oxygen atoms in total. The highest BCUT2D eigenvalue weighted by molar-refractivity contribution is 7.72. The highest BCUT2D eigenvalue weighted by Gasteiger charge is 2.47. The lowest BCUT2D eigenvalue weighted by Gasteiger charge is -2.33. The first-order chi connectivity index (χ1) is 7.57. The fourth-order valence-corrected chi connectivity index (χ4v) is 3.70. The van der Waals surface area contributed by atoms with Gasteiger partial charge in [0.2, 0.25) is 5.52 Å². The topological polar surface area (TPSA) is 52.6 Å². The Morgan fingerprint density at radius 2 is 1.06 bits per heavy atom. The van der Waals surface area contributed by atoms with E-state index in [0.29, 0.717) is 0 Å². The van der Waals surface area contributed by atoms with E-state index >= 15 is 0 Å². The van der Waals surface area contributed by atoms with Crippen molar-refractivity contribution < 1.29 is 18.4 Å². The Labute approximate surface area is 111 Å². The lowest BCUT2D eigenvalue weighted by molar-refractivity contribution is -0.122. The second kappa shape index (κ2) is 5.07. The summed E-state index contributed by atoms with van der Waals surface area (Å²) in [5, 5.41) is 0. The molecular formula is C13H27O4P. The zero-order valence-corrected chi connectivity index (χ0v) is 14.0. The molecule has 0 heterocycles. The molecule has 5 heteroatoms. The first kappa shape index (κ1) is 17.8. The summed E-state index contributed by atoms with van der Waals surface area (Å²) in [7, 11) is -3.81. The molecule has 0 aromatic carbocycles. The molecule has 0 aromatic heterocycles. The molecule has 0 spiro atoms. The molecule has 0 aromatic rings. The van der Waals surface area contributed by atoms with Crippen molar-refractivity contribution in [2.75, 3.05) is 0 Å². The number of hydrogen-bond donors (Lipinski definition) is 0. The molecule has 0 rings (SSSR count). The maximum absolute atomic E-state index is 12.8. The molecule has 0 bridgehead atoms. The Bertz CT molecular complexity index is 333. The van der Waals surface area contributed by atoms with Gasteiger partial charge in [0.05, 0.1) is 11.2 Å². The van der Waals surface area contributed by atoms with Crippen molar-refractivity contribution in [2.24, 2.45) is 5.41 Å². The fourth-order valence-electron chi connectivity index (χ4n) is 1.23. The van der Waals surface area contributed by atoms with E-state index in [1.54, 1.807) is 62.3 Å². The summed E-state index contributed by atoms with van der Waals surface area (Å²) in [6.07, 6.45) is 0. The summed E-state index contributed by atoms with van der Waals surface area (Å²) < 4.78 is 23.7. The van der Waals surface area contributed by atoms with E-state index < -0.39 is 29.7 Å². The lowest BCUT2D eigenvalue weighted by Crippen LogP contribution is -2.31. The average Bonchev–Trinajstić information content (AvgIpc) is 1.92. The van der Waals surface area contributed by atoms with Gasteiger partial charge in [-0.2, -0.15) is 0 Å². The molecule has 0 fully saturated rings. The van der Waals surface area contributed by atoms with E-state index in [-0.39, 0.29) is 0 Å². The first-order valence-electron chi connectivity index (χ1n) is 6.13. The van der Waals surface area contributed by atoms with Crippen LogP contribution in [0, 0.1) is 5.41 Å². The van der Waals surface area contributed by atoms with Gasteiger partial charge >= 0.3 is 7.60 Å². The average molecular weight is 278 g/mol. The third-order valence-electron chi connectivity index (χ3n) is 1.68. The minimum absolute atomic E-state index is 0.486. The second-order valence-electron chi connectivity index (χ2n) is 7.46. The van der Waals surface area contributed by atoms with Crippen molar-refractivity contribution in [1.29, 1.82) is 0 Å². The maximum atomic E-state index is 12.8. The van der Waals surface area contributed by atoms with Gasteiger partial charge in [-0.3, -0.25) is 18.4 Å². The highest BCUT2D eigenvalue weighted by atomic mass is 31.2. The minimum atomic E-state index is -3.81. The zero-order valence-electron chi connectivity index (χ0n) is 13.1. The SMILES string of the molecule is CC(C)(C)OP(=O)(OC(C)(C)C)C(=O)C(C)(C)C. The van der Waals surface area contributed by atoms with E-state index in [2.05, 4.69) is 0 Å². The quantitative estimate of drug-likeness (QED) is 0.719. The summed E-state index contributed by atoms with van der Waals surface area (Å²) >= 11 is 0. The molecule has 108 valence electrons. The van der Waals surface area contributed by atoms with Gasteiger partial charge in [-0.1, -0.05) is 20.8 Å². The van der Waals surface area contributed by atoms with Crippen LogP contribution in [0.25, 0.3) is 0 Å². The zero-order chi connectivity index (χ0) is 15.0. The van der Waals surface area contributed by atoms with Gasteiger partial charge in [-0.05, 0) is 41.5 Å². The molecule has 0 aliphatic heterocycles. The van der Waals surface area contributed by atoms with Crippen LogP contribution in [0.4, 0.5) is 0 Å². The molecule has 0 aliphatic carbocycles. The standard InChI is InChI=1S/C13H27O4P/c1-11(2,3)10(14)18(15,16-12(4,5)6)17-13(7,8)9/h1-9H3. The van der Waals surface area contributed by atoms with Gasteiger partial charge in [0.15, 0.2) is 0 Å². The molecule has 0 saturated carbocycles. The number of carbonyl (C=O) groups excluding carboxylic acids is 1. The van der Waals surface area contributed by atoms with Crippen LogP contribution in [-0.4, -0.2) is 16.7 Å². The highest BCUT2D eigenvalue weighted by Crippen LogP contribution is 2.58. The van der Waals surface area contributed by atoms with E-state index in [4.69, 9.17) is 9.05 Å². The molecule has 18 heavy (non-hydrogen) atoms. The van der Waals surface area contributed by atoms with Crippen LogP contribution in [-0.2, 0) is 18.4 Å². The Kier molecular flexibility index (Phi) is 5.02. The van der Waals surface area contributed by atoms with E-state index in [1.807, 2.05) is 0 Å². The summed E-state index contributed by atoms with van der Waals surface area (Å²) in [5.74, 6) is 0. The Morgan fingerprint density at radius 1 is 0.778 bits per heavy atom. The molecular weight excluding hydrogens is 251 g/mol. The molecule has 0 unspecified atom stereocenters. The predicted octanol–water partition coefficient (Wildman–Crippen LogP) is 4.38. The predicted molar refractivity (Wildman–Crippen MR) is 73.7 cm³/mol. The number of rotatable bonds is 3. The Balaban J connectivity index is 5.45. The molecule has 0 radical (unpaired) electrons. The summed E-state index contributed by atoms with van der Waals surface area (Å²) in [5.41, 5.74) is -2.67. The lowest BCUT2D eigenvalue weighted by atomic mass is 10.00. The van der Waals surface area contributed by atoms with Crippen molar-refractivity contribution in [3.8, 4) is 0 Å². The monoisotopic (exact) mass is 278 g/mol. The molecule has 0 amide bonds. The molecule has 0 aliphatic rings. The first-order valence-corrected chi connectivity index (χ1v) is 7.68. The van der Waals surface area contributed by atoms with Crippen LogP contribution < -0.4 is 0 Å². The fraction of sp³-hybridized carbons (Fsp3) is 0.923. The van der Waals surface area contributed by atoms with E-state index in [9.17, 15) is 9.36 Å². The van der Waals surface area contributed by atoms with Crippen LogP contribution in [0.1, 0.15) is 62.3 Å². The molecule has 0 N–H and O–H groups in total. The number of carbonyl (C=O) groups is 1.